The van der Waals surface area contributed by atoms with Crippen molar-refractivity contribution in [1.82, 2.24) is 9.97 Å². The number of imidazole rings is 1. The second-order valence-electron chi connectivity index (χ2n) is 6.48. The highest BCUT2D eigenvalue weighted by Crippen LogP contribution is 2.37. The zero-order valence-corrected chi connectivity index (χ0v) is 16.4. The average molecular weight is 409 g/mol. The summed E-state index contributed by atoms with van der Waals surface area (Å²) in [5.74, 6) is 0.0792. The monoisotopic (exact) mass is 408 g/mol. The summed E-state index contributed by atoms with van der Waals surface area (Å²) in [7, 11) is 1.61. The van der Waals surface area contributed by atoms with Crippen molar-refractivity contribution in [1.29, 1.82) is 0 Å². The number of aromatic amines is 1. The Morgan fingerprint density at radius 3 is 2.66 bits per heavy atom. The maximum atomic E-state index is 11.3. The van der Waals surface area contributed by atoms with Gasteiger partial charge in [0, 0.05) is 11.1 Å². The van der Waals surface area contributed by atoms with E-state index in [1.807, 2.05) is 30.3 Å². The number of aryl methyl sites for hydroxylation is 1. The van der Waals surface area contributed by atoms with E-state index in [1.165, 1.54) is 6.07 Å². The lowest BCUT2D eigenvalue weighted by Crippen LogP contribution is -2.00. The Bertz CT molecular complexity index is 1230. The number of hydrogen-bond acceptors (Lipinski definition) is 4. The summed E-state index contributed by atoms with van der Waals surface area (Å²) in [5.41, 5.74) is 3.85. The molecule has 3 aromatic carbocycles. The van der Waals surface area contributed by atoms with Gasteiger partial charge < -0.3 is 19.6 Å². The number of rotatable bonds is 5. The van der Waals surface area contributed by atoms with E-state index < -0.39 is 5.97 Å². The van der Waals surface area contributed by atoms with E-state index in [0.29, 0.717) is 33.1 Å². The van der Waals surface area contributed by atoms with Gasteiger partial charge in [0.2, 0.25) is 0 Å². The van der Waals surface area contributed by atoms with Crippen LogP contribution in [0.1, 0.15) is 15.9 Å². The highest BCUT2D eigenvalue weighted by Gasteiger charge is 2.14. The fourth-order valence-electron chi connectivity index (χ4n) is 3.14. The van der Waals surface area contributed by atoms with E-state index in [1.54, 1.807) is 32.2 Å². The van der Waals surface area contributed by atoms with Gasteiger partial charge in [-0.05, 0) is 42.8 Å². The van der Waals surface area contributed by atoms with Gasteiger partial charge in [-0.2, -0.15) is 4.98 Å². The molecule has 0 saturated heterocycles. The van der Waals surface area contributed by atoms with Crippen LogP contribution >= 0.6 is 11.6 Å². The molecule has 0 atom stereocenters. The number of benzene rings is 3. The predicted molar refractivity (Wildman–Crippen MR) is 111 cm³/mol. The number of ether oxygens (including phenoxy) is 2. The molecule has 2 N–H and O–H groups in total. The van der Waals surface area contributed by atoms with Gasteiger partial charge in [-0.1, -0.05) is 35.9 Å². The lowest BCUT2D eigenvalue weighted by molar-refractivity contribution is 0.0695. The standard InChI is InChI=1S/C22H17ClN2O4/c1-12-7-8-13(9-15(12)21(26)27)29-22-24-18-10-16(17(23)11-19(18)25-22)14-5-3-4-6-20(14)28-2/h3-11H,1-2H3,(H,24,25)(H,26,27). The first kappa shape index (κ1) is 18.8. The minimum Gasteiger partial charge on any atom is -0.496 e. The first-order valence-corrected chi connectivity index (χ1v) is 9.18. The Balaban J connectivity index is 1.72. The molecule has 0 amide bonds. The third-order valence-electron chi connectivity index (χ3n) is 4.60. The molecule has 146 valence electrons. The van der Waals surface area contributed by atoms with Crippen molar-refractivity contribution in [3.8, 4) is 28.6 Å². The topological polar surface area (TPSA) is 84.4 Å². The summed E-state index contributed by atoms with van der Waals surface area (Å²) in [6.07, 6.45) is 0. The molecular weight excluding hydrogens is 392 g/mol. The van der Waals surface area contributed by atoms with Crippen molar-refractivity contribution in [3.63, 3.8) is 0 Å². The smallest absolute Gasteiger partial charge is 0.336 e. The van der Waals surface area contributed by atoms with Crippen molar-refractivity contribution in [2.24, 2.45) is 0 Å². The highest BCUT2D eigenvalue weighted by molar-refractivity contribution is 6.34. The molecule has 0 saturated carbocycles. The van der Waals surface area contributed by atoms with E-state index in [9.17, 15) is 9.90 Å². The second kappa shape index (κ2) is 7.48. The quantitative estimate of drug-likeness (QED) is 0.443. The summed E-state index contributed by atoms with van der Waals surface area (Å²) in [6.45, 7) is 1.73. The van der Waals surface area contributed by atoms with E-state index in [4.69, 9.17) is 21.1 Å². The molecular formula is C22H17ClN2O4. The van der Waals surface area contributed by atoms with Gasteiger partial charge in [0.05, 0.1) is 28.7 Å². The molecule has 4 aromatic rings. The molecule has 0 aliphatic heterocycles. The number of fused-ring (bicyclic) bond motifs is 1. The molecule has 0 spiro atoms. The number of hydrogen-bond donors (Lipinski definition) is 2. The summed E-state index contributed by atoms with van der Waals surface area (Å²) in [6, 6.07) is 16.3. The van der Waals surface area contributed by atoms with Gasteiger partial charge in [0.15, 0.2) is 0 Å². The number of H-pyrrole nitrogens is 1. The van der Waals surface area contributed by atoms with Gasteiger partial charge in [0.1, 0.15) is 11.5 Å². The number of halogens is 1. The Morgan fingerprint density at radius 1 is 1.10 bits per heavy atom. The fourth-order valence-corrected chi connectivity index (χ4v) is 3.40. The number of carboxylic acid groups (broad SMARTS) is 1. The molecule has 0 aliphatic carbocycles. The first-order valence-electron chi connectivity index (χ1n) is 8.80. The maximum Gasteiger partial charge on any atom is 0.336 e. The van der Waals surface area contributed by atoms with E-state index >= 15 is 0 Å². The normalized spacial score (nSPS) is 10.9. The van der Waals surface area contributed by atoms with Crippen LogP contribution in [0.5, 0.6) is 17.5 Å². The Morgan fingerprint density at radius 2 is 1.90 bits per heavy atom. The lowest BCUT2D eigenvalue weighted by atomic mass is 10.0. The van der Waals surface area contributed by atoms with Crippen molar-refractivity contribution >= 4 is 28.6 Å². The molecule has 7 heteroatoms. The number of carbonyl (C=O) groups is 1. The number of carboxylic acids is 1. The highest BCUT2D eigenvalue weighted by atomic mass is 35.5. The molecule has 1 heterocycles. The molecule has 0 unspecified atom stereocenters. The summed E-state index contributed by atoms with van der Waals surface area (Å²) in [4.78, 5) is 18.8. The van der Waals surface area contributed by atoms with Gasteiger partial charge in [0.25, 0.3) is 6.01 Å². The van der Waals surface area contributed by atoms with E-state index in [0.717, 1.165) is 11.1 Å². The van der Waals surface area contributed by atoms with Crippen LogP contribution in [0.25, 0.3) is 22.2 Å². The third-order valence-corrected chi connectivity index (χ3v) is 4.91. The van der Waals surface area contributed by atoms with Crippen molar-refractivity contribution in [3.05, 3.63) is 70.7 Å². The molecule has 0 aliphatic rings. The molecule has 0 radical (unpaired) electrons. The maximum absolute atomic E-state index is 11.3. The zero-order chi connectivity index (χ0) is 20.5. The number of aromatic carboxylic acids is 1. The number of nitrogens with zero attached hydrogens (tertiary/aromatic N) is 1. The molecule has 4 rings (SSSR count). The van der Waals surface area contributed by atoms with Gasteiger partial charge in [-0.25, -0.2) is 4.79 Å². The van der Waals surface area contributed by atoms with Crippen LogP contribution in [-0.2, 0) is 0 Å². The van der Waals surface area contributed by atoms with Crippen molar-refractivity contribution < 1.29 is 19.4 Å². The van der Waals surface area contributed by atoms with Crippen LogP contribution in [0.15, 0.2) is 54.6 Å². The number of nitrogens with one attached hydrogen (secondary N) is 1. The number of para-hydroxylation sites is 1. The zero-order valence-electron chi connectivity index (χ0n) is 15.7. The van der Waals surface area contributed by atoms with Crippen molar-refractivity contribution in [2.45, 2.75) is 6.92 Å². The second-order valence-corrected chi connectivity index (χ2v) is 6.88. The molecule has 0 bridgehead atoms. The van der Waals surface area contributed by atoms with Crippen molar-refractivity contribution in [2.75, 3.05) is 7.11 Å². The first-order chi connectivity index (χ1) is 14.0. The van der Waals surface area contributed by atoms with Crippen LogP contribution in [-0.4, -0.2) is 28.2 Å². The lowest BCUT2D eigenvalue weighted by Gasteiger charge is -2.09. The van der Waals surface area contributed by atoms with Crippen LogP contribution in [0.4, 0.5) is 0 Å². The molecule has 1 aromatic heterocycles. The van der Waals surface area contributed by atoms with Gasteiger partial charge in [-0.3, -0.25) is 0 Å². The van der Waals surface area contributed by atoms with E-state index in [2.05, 4.69) is 9.97 Å². The third kappa shape index (κ3) is 3.62. The SMILES string of the molecule is COc1ccccc1-c1cc2nc(Oc3ccc(C)c(C(=O)O)c3)[nH]c2cc1Cl. The number of methoxy groups -OCH3 is 1. The largest absolute Gasteiger partial charge is 0.496 e. The van der Waals surface area contributed by atoms with Crippen LogP contribution in [0, 0.1) is 6.92 Å². The minimum absolute atomic E-state index is 0.181. The predicted octanol–water partition coefficient (Wildman–Crippen LogP) is 5.69. The molecule has 29 heavy (non-hydrogen) atoms. The number of aromatic nitrogens is 2. The van der Waals surface area contributed by atoms with Crippen LogP contribution in [0.2, 0.25) is 5.02 Å². The minimum atomic E-state index is -1.01. The molecule has 6 nitrogen and oxygen atoms in total. The molecule has 0 fully saturated rings. The Hall–Kier alpha value is -3.51. The van der Waals surface area contributed by atoms with E-state index in [-0.39, 0.29) is 11.6 Å². The average Bonchev–Trinajstić information content (AvgIpc) is 3.09. The summed E-state index contributed by atoms with van der Waals surface area (Å²) < 4.78 is 11.2. The van der Waals surface area contributed by atoms with Gasteiger partial charge >= 0.3 is 5.97 Å². The van der Waals surface area contributed by atoms with Gasteiger partial charge in [-0.15, -0.1) is 0 Å². The van der Waals surface area contributed by atoms with Crippen LogP contribution in [0.3, 0.4) is 0 Å². The van der Waals surface area contributed by atoms with Crippen LogP contribution < -0.4 is 9.47 Å². The fraction of sp³-hybridized carbons (Fsp3) is 0.0909. The Kier molecular flexibility index (Phi) is 4.86. The summed E-state index contributed by atoms with van der Waals surface area (Å²) >= 11 is 6.50. The Labute approximate surface area is 171 Å². The summed E-state index contributed by atoms with van der Waals surface area (Å²) in [5, 5.41) is 9.82.